The van der Waals surface area contributed by atoms with E-state index in [0.717, 1.165) is 0 Å². The summed E-state index contributed by atoms with van der Waals surface area (Å²) in [5, 5.41) is 34.3. The van der Waals surface area contributed by atoms with Gasteiger partial charge in [0.05, 0.1) is 6.61 Å². The predicted octanol–water partition coefficient (Wildman–Crippen LogP) is -2.40. The van der Waals surface area contributed by atoms with E-state index in [2.05, 4.69) is 0 Å². The Morgan fingerprint density at radius 1 is 1.33 bits per heavy atom. The molecule has 4 atom stereocenters. The van der Waals surface area contributed by atoms with E-state index in [0.29, 0.717) is 0 Å². The number of aliphatic hydroxyl groups excluding tert-OH is 4. The summed E-state index contributed by atoms with van der Waals surface area (Å²) in [6, 6.07) is 0. The number of aldehydes is 1. The van der Waals surface area contributed by atoms with Crippen molar-refractivity contribution in [2.24, 2.45) is 0 Å². The van der Waals surface area contributed by atoms with Crippen LogP contribution in [-0.4, -0.2) is 57.8 Å². The van der Waals surface area contributed by atoms with Gasteiger partial charge >= 0.3 is 0 Å². The van der Waals surface area contributed by atoms with Crippen molar-refractivity contribution in [3.63, 3.8) is 0 Å². The molecule has 72 valence electrons. The monoisotopic (exact) mass is 181 g/mol. The van der Waals surface area contributed by atoms with Gasteiger partial charge in [-0.25, -0.2) is 4.39 Å². The Hall–Kier alpha value is -0.560. The SMILES string of the molecule is O=C[C@H](O)[C@H]([18F])[C@H](O)[C@H](O)CO. The molecule has 12 heavy (non-hydrogen) atoms. The molecule has 5 nitrogen and oxygen atoms in total. The average Bonchev–Trinajstić information content (AvgIpc) is 2.12. The maximum Gasteiger partial charge on any atom is 0.161 e. The molecule has 0 aromatic heterocycles. The molecule has 0 amide bonds. The summed E-state index contributed by atoms with van der Waals surface area (Å²) in [5.41, 5.74) is 0. The Labute approximate surface area is 68.1 Å². The molecule has 6 heteroatoms. The van der Waals surface area contributed by atoms with Gasteiger partial charge in [-0.15, -0.1) is 0 Å². The fourth-order valence-corrected chi connectivity index (χ4v) is 0.597. The standard InChI is InChI=1S/C6H11FO5/c7-5(3(10)1-8)6(12)4(11)2-9/h1,3-6,9-12H,2H2/t3-,4+,5-,6+/m0/s1/i7-1. The van der Waals surface area contributed by atoms with E-state index in [1.54, 1.807) is 0 Å². The lowest BCUT2D eigenvalue weighted by molar-refractivity contribution is -0.126. The van der Waals surface area contributed by atoms with Crippen LogP contribution in [0.1, 0.15) is 0 Å². The van der Waals surface area contributed by atoms with Gasteiger partial charge in [-0.05, 0) is 0 Å². The van der Waals surface area contributed by atoms with Crippen LogP contribution in [0, 0.1) is 0 Å². The van der Waals surface area contributed by atoms with Gasteiger partial charge in [0.25, 0.3) is 0 Å². The number of halogens is 1. The zero-order valence-corrected chi connectivity index (χ0v) is 6.17. The second-order valence-corrected chi connectivity index (χ2v) is 2.31. The normalized spacial score (nSPS) is 21.1. The summed E-state index contributed by atoms with van der Waals surface area (Å²) in [4.78, 5) is 9.82. The van der Waals surface area contributed by atoms with Crippen LogP contribution in [0.5, 0.6) is 0 Å². The van der Waals surface area contributed by atoms with Crippen molar-refractivity contribution in [3.8, 4) is 0 Å². The molecule has 0 aliphatic rings. The molecular weight excluding hydrogens is 170 g/mol. The van der Waals surface area contributed by atoms with Gasteiger partial charge in [0.1, 0.15) is 18.3 Å². The maximum absolute atomic E-state index is 12.6. The number of alkyl halides is 1. The van der Waals surface area contributed by atoms with Crippen LogP contribution in [0.4, 0.5) is 4.39 Å². The molecule has 0 fully saturated rings. The lowest BCUT2D eigenvalue weighted by atomic mass is 10.1. The van der Waals surface area contributed by atoms with Crippen molar-refractivity contribution >= 4 is 6.29 Å². The smallest absolute Gasteiger partial charge is 0.161 e. The van der Waals surface area contributed by atoms with Crippen LogP contribution in [0.15, 0.2) is 0 Å². The lowest BCUT2D eigenvalue weighted by Crippen LogP contribution is -2.43. The topological polar surface area (TPSA) is 98.0 Å². The molecule has 0 unspecified atom stereocenters. The van der Waals surface area contributed by atoms with Crippen LogP contribution in [0.3, 0.4) is 0 Å². The van der Waals surface area contributed by atoms with Gasteiger partial charge < -0.3 is 25.2 Å². The fraction of sp³-hybridized carbons (Fsp3) is 0.833. The molecule has 0 saturated heterocycles. The summed E-state index contributed by atoms with van der Waals surface area (Å²) >= 11 is 0. The molecule has 0 aliphatic carbocycles. The van der Waals surface area contributed by atoms with Gasteiger partial charge in [-0.2, -0.15) is 0 Å². The molecule has 0 saturated carbocycles. The Kier molecular flexibility index (Phi) is 4.91. The third-order valence-corrected chi connectivity index (χ3v) is 1.37. The second-order valence-electron chi connectivity index (χ2n) is 2.31. The third kappa shape index (κ3) is 2.82. The summed E-state index contributed by atoms with van der Waals surface area (Å²) in [7, 11) is 0. The molecule has 0 bridgehead atoms. The minimum Gasteiger partial charge on any atom is -0.394 e. The molecule has 0 radical (unpaired) electrons. The predicted molar refractivity (Wildman–Crippen MR) is 36.1 cm³/mol. The molecule has 0 rings (SSSR count). The first-order valence-corrected chi connectivity index (χ1v) is 3.29. The van der Waals surface area contributed by atoms with Crippen molar-refractivity contribution < 1.29 is 29.6 Å². The highest BCUT2D eigenvalue weighted by atomic mass is 18.2. The van der Waals surface area contributed by atoms with Crippen molar-refractivity contribution in [3.05, 3.63) is 0 Å². The lowest BCUT2D eigenvalue weighted by Gasteiger charge is -2.20. The number of hydrogen-bond acceptors (Lipinski definition) is 5. The first-order valence-electron chi connectivity index (χ1n) is 3.29. The van der Waals surface area contributed by atoms with E-state index >= 15 is 0 Å². The zero-order valence-electron chi connectivity index (χ0n) is 6.17. The van der Waals surface area contributed by atoms with Crippen LogP contribution >= 0.6 is 0 Å². The highest BCUT2D eigenvalue weighted by molar-refractivity contribution is 5.56. The first kappa shape index (κ1) is 11.4. The van der Waals surface area contributed by atoms with Crippen molar-refractivity contribution in [1.29, 1.82) is 0 Å². The third-order valence-electron chi connectivity index (χ3n) is 1.37. The number of carbonyl (C=O) groups excluding carboxylic acids is 1. The van der Waals surface area contributed by atoms with Crippen LogP contribution in [-0.2, 0) is 4.79 Å². The van der Waals surface area contributed by atoms with E-state index in [1.165, 1.54) is 0 Å². The maximum atomic E-state index is 12.6. The quantitative estimate of drug-likeness (QED) is 0.354. The number of hydrogen-bond donors (Lipinski definition) is 4. The molecule has 4 N–H and O–H groups in total. The largest absolute Gasteiger partial charge is 0.394 e. The van der Waals surface area contributed by atoms with E-state index < -0.39 is 31.1 Å². The van der Waals surface area contributed by atoms with Gasteiger partial charge in [-0.3, -0.25) is 0 Å². The van der Waals surface area contributed by atoms with Crippen LogP contribution in [0.2, 0.25) is 0 Å². The van der Waals surface area contributed by atoms with E-state index in [9.17, 15) is 9.18 Å². The van der Waals surface area contributed by atoms with Gasteiger partial charge in [-0.1, -0.05) is 0 Å². The van der Waals surface area contributed by atoms with Gasteiger partial charge in [0, 0.05) is 0 Å². The number of carbonyl (C=O) groups is 1. The Morgan fingerprint density at radius 2 is 1.83 bits per heavy atom. The van der Waals surface area contributed by atoms with E-state index in [4.69, 9.17) is 20.4 Å². The molecule has 0 aromatic rings. The Morgan fingerprint density at radius 3 is 2.17 bits per heavy atom. The van der Waals surface area contributed by atoms with Crippen molar-refractivity contribution in [2.75, 3.05) is 6.61 Å². The molecule has 0 spiro atoms. The molecule has 0 aliphatic heterocycles. The first-order chi connectivity index (χ1) is 5.54. The van der Waals surface area contributed by atoms with Crippen molar-refractivity contribution in [1.82, 2.24) is 0 Å². The second kappa shape index (κ2) is 5.15. The molecule has 0 heterocycles. The summed E-state index contributed by atoms with van der Waals surface area (Å²) < 4.78 is 12.6. The zero-order chi connectivity index (χ0) is 9.72. The van der Waals surface area contributed by atoms with E-state index in [1.807, 2.05) is 0 Å². The van der Waals surface area contributed by atoms with Gasteiger partial charge in [0.15, 0.2) is 12.5 Å². The summed E-state index contributed by atoms with van der Waals surface area (Å²) in [6.45, 7) is -0.840. The fourth-order valence-electron chi connectivity index (χ4n) is 0.597. The van der Waals surface area contributed by atoms with E-state index in [-0.39, 0.29) is 6.29 Å². The summed E-state index contributed by atoms with van der Waals surface area (Å²) in [5.74, 6) is 0. The minimum absolute atomic E-state index is 0.0992. The average molecular weight is 181 g/mol. The van der Waals surface area contributed by atoms with Crippen molar-refractivity contribution in [2.45, 2.75) is 24.5 Å². The number of aliphatic hydroxyl groups is 4. The Balaban J connectivity index is 4.07. The van der Waals surface area contributed by atoms with Crippen LogP contribution in [0.25, 0.3) is 0 Å². The molecule has 0 aromatic carbocycles. The minimum atomic E-state index is -2.29. The summed E-state index contributed by atoms with van der Waals surface area (Å²) in [6.07, 6.45) is -8.03. The number of rotatable bonds is 5. The Bertz CT molecular complexity index is 142. The molecular formula is C6H11FO5. The van der Waals surface area contributed by atoms with Crippen LogP contribution < -0.4 is 0 Å². The van der Waals surface area contributed by atoms with Gasteiger partial charge in [0.2, 0.25) is 0 Å². The highest BCUT2D eigenvalue weighted by Crippen LogP contribution is 2.07. The highest BCUT2D eigenvalue weighted by Gasteiger charge is 2.31.